The Morgan fingerprint density at radius 1 is 1.53 bits per heavy atom. The fourth-order valence-electron chi connectivity index (χ4n) is 1.88. The average Bonchev–Trinajstić information content (AvgIpc) is 2.70. The number of fused-ring (bicyclic) bond motifs is 4. The van der Waals surface area contributed by atoms with Crippen molar-refractivity contribution in [3.8, 4) is 0 Å². The molecule has 1 unspecified atom stereocenters. The van der Waals surface area contributed by atoms with E-state index in [9.17, 15) is 13.2 Å². The predicted molar refractivity (Wildman–Crippen MR) is 51.6 cm³/mol. The van der Waals surface area contributed by atoms with Crippen LogP contribution in [0.3, 0.4) is 0 Å². The molecule has 17 heavy (non-hydrogen) atoms. The van der Waals surface area contributed by atoms with Gasteiger partial charge in [-0.3, -0.25) is 9.45 Å². The highest BCUT2D eigenvalue weighted by atomic mass is 32.3. The van der Waals surface area contributed by atoms with Crippen LogP contribution in [0.1, 0.15) is 0 Å². The molecule has 1 fully saturated rings. The van der Waals surface area contributed by atoms with Gasteiger partial charge in [-0.15, -0.1) is 10.2 Å². The molecule has 0 aliphatic carbocycles. The first-order chi connectivity index (χ1) is 7.94. The molecule has 3 aliphatic rings. The van der Waals surface area contributed by atoms with Gasteiger partial charge in [-0.2, -0.15) is 8.42 Å². The zero-order chi connectivity index (χ0) is 12.2. The Labute approximate surface area is 95.4 Å². The molecule has 3 aliphatic heterocycles. The van der Waals surface area contributed by atoms with E-state index >= 15 is 0 Å². The van der Waals surface area contributed by atoms with Crippen molar-refractivity contribution in [1.82, 2.24) is 10.2 Å². The Hall–Kier alpha value is -1.94. The second kappa shape index (κ2) is 3.05. The molecule has 1 saturated heterocycles. The van der Waals surface area contributed by atoms with E-state index in [1.807, 2.05) is 0 Å². The molecule has 1 atom stereocenters. The molecular weight excluding hydrogens is 252 g/mol. The van der Waals surface area contributed by atoms with E-state index in [1.165, 1.54) is 11.1 Å². The fraction of sp³-hybridized carbons (Fsp3) is 0.286. The van der Waals surface area contributed by atoms with Crippen LogP contribution in [0, 0.1) is 0 Å². The van der Waals surface area contributed by atoms with E-state index in [4.69, 9.17) is 4.55 Å². The number of hydrogen-bond acceptors (Lipinski definition) is 6. The van der Waals surface area contributed by atoms with Crippen molar-refractivity contribution in [2.24, 2.45) is 10.2 Å². The molecule has 9 nitrogen and oxygen atoms in total. The number of nitrogens with zero attached hydrogens (tertiary/aromatic N) is 3. The minimum absolute atomic E-state index is 0.300. The molecule has 2 amide bonds. The lowest BCUT2D eigenvalue weighted by Gasteiger charge is -2.17. The van der Waals surface area contributed by atoms with Gasteiger partial charge in [-0.1, -0.05) is 0 Å². The summed E-state index contributed by atoms with van der Waals surface area (Å²) in [6.45, 7) is 0.348. The molecule has 0 spiro atoms. The van der Waals surface area contributed by atoms with Gasteiger partial charge in [-0.25, -0.2) is 4.79 Å². The number of azo groups is 1. The SMILES string of the molecule is O=C1NC2CN1C=C1N=NC(OS(=O)(=O)O)=C12. The normalized spacial score (nSPS) is 25.9. The molecule has 2 bridgehead atoms. The van der Waals surface area contributed by atoms with Gasteiger partial charge >= 0.3 is 16.4 Å². The fourth-order valence-corrected chi connectivity index (χ4v) is 2.20. The summed E-state index contributed by atoms with van der Waals surface area (Å²) in [4.78, 5) is 12.7. The third-order valence-electron chi connectivity index (χ3n) is 2.50. The smallest absolute Gasteiger partial charge is 0.339 e. The van der Waals surface area contributed by atoms with Crippen LogP contribution in [0.25, 0.3) is 0 Å². The van der Waals surface area contributed by atoms with Crippen molar-refractivity contribution in [3.63, 3.8) is 0 Å². The highest BCUT2D eigenvalue weighted by Crippen LogP contribution is 2.35. The van der Waals surface area contributed by atoms with E-state index < -0.39 is 16.4 Å². The first kappa shape index (κ1) is 10.2. The van der Waals surface area contributed by atoms with Gasteiger partial charge in [0.15, 0.2) is 0 Å². The molecule has 0 aromatic rings. The van der Waals surface area contributed by atoms with E-state index in [0.717, 1.165) is 0 Å². The van der Waals surface area contributed by atoms with Gasteiger partial charge in [0.1, 0.15) is 5.70 Å². The van der Waals surface area contributed by atoms with Gasteiger partial charge in [0.05, 0.1) is 18.2 Å². The molecule has 3 rings (SSSR count). The maximum absolute atomic E-state index is 11.3. The molecule has 90 valence electrons. The summed E-state index contributed by atoms with van der Waals surface area (Å²) in [6, 6.07) is -0.736. The summed E-state index contributed by atoms with van der Waals surface area (Å²) in [5.74, 6) is -0.314. The summed E-state index contributed by atoms with van der Waals surface area (Å²) >= 11 is 0. The number of hydrogen-bond donors (Lipinski definition) is 2. The van der Waals surface area contributed by atoms with Crippen LogP contribution in [0.4, 0.5) is 4.79 Å². The largest absolute Gasteiger partial charge is 0.448 e. The summed E-state index contributed by atoms with van der Waals surface area (Å²) in [6.07, 6.45) is 1.44. The predicted octanol–water partition coefficient (Wildman–Crippen LogP) is -0.268. The minimum Gasteiger partial charge on any atom is -0.339 e. The van der Waals surface area contributed by atoms with Gasteiger partial charge in [0, 0.05) is 6.20 Å². The molecule has 0 radical (unpaired) electrons. The molecule has 0 saturated carbocycles. The number of carbonyl (C=O) groups excluding carboxylic acids is 1. The Morgan fingerprint density at radius 3 is 3.00 bits per heavy atom. The van der Waals surface area contributed by atoms with Gasteiger partial charge in [0.25, 0.3) is 5.88 Å². The maximum atomic E-state index is 11.3. The maximum Gasteiger partial charge on any atom is 0.448 e. The monoisotopic (exact) mass is 258 g/mol. The van der Waals surface area contributed by atoms with Crippen LogP contribution >= 0.6 is 0 Å². The van der Waals surface area contributed by atoms with E-state index in [-0.39, 0.29) is 11.9 Å². The summed E-state index contributed by atoms with van der Waals surface area (Å²) in [5.41, 5.74) is 0.697. The van der Waals surface area contributed by atoms with Crippen molar-refractivity contribution in [2.75, 3.05) is 6.54 Å². The number of urea groups is 1. The standard InChI is InChI=1S/C7H6N4O5S/c12-7-8-3-1-11(7)2-4-5(3)6(10-9-4)16-17(13,14)15/h2-3H,1H2,(H,8,12)(H,13,14,15). The molecule has 2 N–H and O–H groups in total. The Bertz CT molecular complexity index is 604. The number of nitrogens with one attached hydrogen (secondary N) is 1. The molecule has 0 aromatic heterocycles. The quantitative estimate of drug-likeness (QED) is 0.660. The van der Waals surface area contributed by atoms with Crippen LogP contribution in [0.15, 0.2) is 33.6 Å². The Kier molecular flexibility index (Phi) is 1.83. The highest BCUT2D eigenvalue weighted by Gasteiger charge is 2.41. The van der Waals surface area contributed by atoms with Crippen LogP contribution in [-0.4, -0.2) is 36.5 Å². The summed E-state index contributed by atoms with van der Waals surface area (Å²) in [7, 11) is -4.65. The lowest BCUT2D eigenvalue weighted by molar-refractivity contribution is 0.230. The zero-order valence-electron chi connectivity index (χ0n) is 8.19. The van der Waals surface area contributed by atoms with E-state index in [2.05, 4.69) is 19.7 Å². The summed E-state index contributed by atoms with van der Waals surface area (Å²) < 4.78 is 34.1. The zero-order valence-corrected chi connectivity index (χ0v) is 9.01. The number of carbonyl (C=O) groups is 1. The molecule has 3 heterocycles. The van der Waals surface area contributed by atoms with Gasteiger partial charge in [-0.05, 0) is 0 Å². The van der Waals surface area contributed by atoms with E-state index in [1.54, 1.807) is 0 Å². The van der Waals surface area contributed by atoms with Crippen LogP contribution in [-0.2, 0) is 14.6 Å². The lowest BCUT2D eigenvalue weighted by atomic mass is 10.0. The summed E-state index contributed by atoms with van der Waals surface area (Å²) in [5, 5.41) is 9.79. The highest BCUT2D eigenvalue weighted by molar-refractivity contribution is 7.81. The van der Waals surface area contributed by atoms with Gasteiger partial charge < -0.3 is 9.50 Å². The second-order valence-electron chi connectivity index (χ2n) is 3.60. The number of rotatable bonds is 2. The minimum atomic E-state index is -4.65. The first-order valence-corrected chi connectivity index (χ1v) is 5.93. The van der Waals surface area contributed by atoms with Crippen molar-refractivity contribution in [3.05, 3.63) is 23.4 Å². The molecular formula is C7H6N4O5S. The first-order valence-electron chi connectivity index (χ1n) is 4.56. The van der Waals surface area contributed by atoms with Crippen molar-refractivity contribution in [2.45, 2.75) is 6.04 Å². The van der Waals surface area contributed by atoms with Crippen molar-refractivity contribution in [1.29, 1.82) is 0 Å². The number of amides is 2. The average molecular weight is 258 g/mol. The molecule has 0 aromatic carbocycles. The van der Waals surface area contributed by atoms with E-state index in [0.29, 0.717) is 17.8 Å². The van der Waals surface area contributed by atoms with Gasteiger partial charge in [0.2, 0.25) is 0 Å². The van der Waals surface area contributed by atoms with Crippen LogP contribution in [0.2, 0.25) is 0 Å². The van der Waals surface area contributed by atoms with Crippen LogP contribution < -0.4 is 5.32 Å². The Morgan fingerprint density at radius 2 is 2.29 bits per heavy atom. The lowest BCUT2D eigenvalue weighted by Crippen LogP contribution is -2.29. The third-order valence-corrected chi connectivity index (χ3v) is 2.87. The van der Waals surface area contributed by atoms with Crippen LogP contribution in [0.5, 0.6) is 0 Å². The third kappa shape index (κ3) is 1.57. The second-order valence-corrected chi connectivity index (χ2v) is 4.62. The van der Waals surface area contributed by atoms with Crippen molar-refractivity contribution >= 4 is 16.4 Å². The Balaban J connectivity index is 2.04. The van der Waals surface area contributed by atoms with Crippen molar-refractivity contribution < 1.29 is 21.9 Å². The topological polar surface area (TPSA) is 121 Å². The molecule has 10 heteroatoms.